The lowest BCUT2D eigenvalue weighted by atomic mass is 9.84. The van der Waals surface area contributed by atoms with Crippen LogP contribution in [0.5, 0.6) is 0 Å². The highest BCUT2D eigenvalue weighted by atomic mass is 19.4. The van der Waals surface area contributed by atoms with Gasteiger partial charge in [-0.25, -0.2) is 9.97 Å². The van der Waals surface area contributed by atoms with Gasteiger partial charge >= 0.3 is 6.18 Å². The van der Waals surface area contributed by atoms with Crippen LogP contribution in [-0.4, -0.2) is 19.1 Å². The van der Waals surface area contributed by atoms with Crippen molar-refractivity contribution in [3.8, 4) is 11.6 Å². The number of nitrogens with zero attached hydrogens (tertiary/aromatic N) is 4. The normalized spacial score (nSPS) is 12.3. The minimum atomic E-state index is -4.39. The van der Waals surface area contributed by atoms with Crippen molar-refractivity contribution in [2.75, 3.05) is 0 Å². The highest BCUT2D eigenvalue weighted by Crippen LogP contribution is 2.32. The van der Waals surface area contributed by atoms with E-state index in [0.717, 1.165) is 35.0 Å². The highest BCUT2D eigenvalue weighted by molar-refractivity contribution is 5.37. The molecule has 4 aromatic rings. The lowest BCUT2D eigenvalue weighted by molar-refractivity contribution is -0.137. The van der Waals surface area contributed by atoms with Crippen molar-refractivity contribution in [3.63, 3.8) is 0 Å². The van der Waals surface area contributed by atoms with Crippen LogP contribution in [0.2, 0.25) is 0 Å². The van der Waals surface area contributed by atoms with E-state index in [0.29, 0.717) is 5.82 Å². The van der Waals surface area contributed by atoms with Gasteiger partial charge in [-0.1, -0.05) is 12.1 Å². The second-order valence-electron chi connectivity index (χ2n) is 7.79. The molecule has 154 valence electrons. The van der Waals surface area contributed by atoms with Gasteiger partial charge in [0, 0.05) is 30.2 Å². The Kier molecular flexibility index (Phi) is 4.76. The molecule has 0 amide bonds. The van der Waals surface area contributed by atoms with Crippen molar-refractivity contribution >= 4 is 0 Å². The van der Waals surface area contributed by atoms with Crippen LogP contribution in [0.15, 0.2) is 73.3 Å². The van der Waals surface area contributed by atoms with E-state index in [9.17, 15) is 13.2 Å². The average molecular weight is 410 g/mol. The summed E-state index contributed by atoms with van der Waals surface area (Å²) in [5.41, 5.74) is 1.43. The van der Waals surface area contributed by atoms with Gasteiger partial charge in [0.05, 0.1) is 17.0 Å². The summed E-state index contributed by atoms with van der Waals surface area (Å²) in [5, 5.41) is 0. The van der Waals surface area contributed by atoms with Crippen molar-refractivity contribution in [2.24, 2.45) is 0 Å². The summed E-state index contributed by atoms with van der Waals surface area (Å²) in [5.74, 6) is 1.22. The third kappa shape index (κ3) is 3.75. The summed E-state index contributed by atoms with van der Waals surface area (Å²) < 4.78 is 42.2. The molecule has 4 nitrogen and oxygen atoms in total. The molecule has 4 aromatic heterocycles. The summed E-state index contributed by atoms with van der Waals surface area (Å²) in [4.78, 5) is 9.45. The van der Waals surface area contributed by atoms with E-state index in [1.54, 1.807) is 12.1 Å². The zero-order chi connectivity index (χ0) is 21.5. The number of rotatable bonds is 4. The first-order chi connectivity index (χ1) is 14.1. The minimum Gasteiger partial charge on any atom is -0.308 e. The first-order valence-corrected chi connectivity index (χ1v) is 9.50. The standard InChI is InChI=1S/C23H21F3N4/c1-16-10-12-29(14-16)20-8-4-6-18(27-20)22(2,3)19-7-5-9-21(28-19)30-13-11-17(15-30)23(24,25)26/h4-15H,1-3H3. The summed E-state index contributed by atoms with van der Waals surface area (Å²) >= 11 is 0. The summed E-state index contributed by atoms with van der Waals surface area (Å²) in [6.07, 6.45) is 1.99. The molecule has 0 aromatic carbocycles. The lowest BCUT2D eigenvalue weighted by Gasteiger charge is -2.24. The number of hydrogen-bond acceptors (Lipinski definition) is 2. The molecule has 0 bridgehead atoms. The molecule has 30 heavy (non-hydrogen) atoms. The summed E-state index contributed by atoms with van der Waals surface area (Å²) in [6, 6.07) is 14.2. The molecule has 0 aliphatic rings. The quantitative estimate of drug-likeness (QED) is 0.432. The third-order valence-electron chi connectivity index (χ3n) is 5.14. The lowest BCUT2D eigenvalue weighted by Crippen LogP contribution is -2.23. The number of halogens is 3. The van der Waals surface area contributed by atoms with E-state index in [-0.39, 0.29) is 0 Å². The van der Waals surface area contributed by atoms with E-state index in [1.807, 2.05) is 68.1 Å². The molecule has 0 saturated carbocycles. The van der Waals surface area contributed by atoms with Crippen molar-refractivity contribution in [2.45, 2.75) is 32.4 Å². The second kappa shape index (κ2) is 7.16. The first-order valence-electron chi connectivity index (χ1n) is 9.50. The van der Waals surface area contributed by atoms with Gasteiger partial charge in [0.15, 0.2) is 0 Å². The maximum absolute atomic E-state index is 12.9. The number of aryl methyl sites for hydroxylation is 1. The molecule has 0 unspecified atom stereocenters. The highest BCUT2D eigenvalue weighted by Gasteiger charge is 2.32. The van der Waals surface area contributed by atoms with Crippen LogP contribution in [-0.2, 0) is 11.6 Å². The Balaban J connectivity index is 1.70. The van der Waals surface area contributed by atoms with Crippen LogP contribution in [0, 0.1) is 6.92 Å². The second-order valence-corrected chi connectivity index (χ2v) is 7.79. The van der Waals surface area contributed by atoms with Crippen molar-refractivity contribution < 1.29 is 13.2 Å². The molecule has 7 heteroatoms. The third-order valence-corrected chi connectivity index (χ3v) is 5.14. The molecule has 0 saturated heterocycles. The molecule has 0 spiro atoms. The molecule has 0 N–H and O–H groups in total. The molecule has 0 radical (unpaired) electrons. The van der Waals surface area contributed by atoms with E-state index in [4.69, 9.17) is 4.98 Å². The Morgan fingerprint density at radius 2 is 1.27 bits per heavy atom. The molecule has 0 atom stereocenters. The number of alkyl halides is 3. The van der Waals surface area contributed by atoms with Crippen molar-refractivity contribution in [1.29, 1.82) is 0 Å². The van der Waals surface area contributed by atoms with Crippen molar-refractivity contribution in [3.05, 3.63) is 95.8 Å². The first kappa shape index (κ1) is 19.9. The van der Waals surface area contributed by atoms with Crippen LogP contribution in [0.25, 0.3) is 11.6 Å². The maximum Gasteiger partial charge on any atom is 0.417 e. The van der Waals surface area contributed by atoms with E-state index >= 15 is 0 Å². The van der Waals surface area contributed by atoms with Gasteiger partial charge in [0.2, 0.25) is 0 Å². The zero-order valence-electron chi connectivity index (χ0n) is 16.9. The molecule has 4 heterocycles. The van der Waals surface area contributed by atoms with Gasteiger partial charge in [0.1, 0.15) is 11.6 Å². The smallest absolute Gasteiger partial charge is 0.308 e. The van der Waals surface area contributed by atoms with Gasteiger partial charge < -0.3 is 9.13 Å². The molecule has 4 rings (SSSR count). The Hall–Kier alpha value is -3.35. The molecule has 0 aliphatic heterocycles. The van der Waals surface area contributed by atoms with Crippen molar-refractivity contribution in [1.82, 2.24) is 19.1 Å². The molecule has 0 fully saturated rings. The predicted octanol–water partition coefficient (Wildman–Crippen LogP) is 5.71. The predicted molar refractivity (Wildman–Crippen MR) is 109 cm³/mol. The van der Waals surface area contributed by atoms with Gasteiger partial charge in [-0.2, -0.15) is 13.2 Å². The molecular weight excluding hydrogens is 389 g/mol. The SMILES string of the molecule is Cc1ccn(-c2cccc(C(C)(C)c3cccc(-n4ccc(C(F)(F)F)c4)n3)n2)c1. The number of hydrogen-bond donors (Lipinski definition) is 0. The molecule has 0 aliphatic carbocycles. The largest absolute Gasteiger partial charge is 0.417 e. The van der Waals surface area contributed by atoms with Crippen LogP contribution in [0.4, 0.5) is 13.2 Å². The fraction of sp³-hybridized carbons (Fsp3) is 0.217. The van der Waals surface area contributed by atoms with Gasteiger partial charge in [-0.15, -0.1) is 0 Å². The monoisotopic (exact) mass is 410 g/mol. The van der Waals surface area contributed by atoms with Gasteiger partial charge in [0.25, 0.3) is 0 Å². The fourth-order valence-electron chi connectivity index (χ4n) is 3.31. The van der Waals surface area contributed by atoms with Crippen LogP contribution >= 0.6 is 0 Å². The summed E-state index contributed by atoms with van der Waals surface area (Å²) in [7, 11) is 0. The fourth-order valence-corrected chi connectivity index (χ4v) is 3.31. The zero-order valence-corrected chi connectivity index (χ0v) is 16.9. The van der Waals surface area contributed by atoms with E-state index in [1.165, 1.54) is 10.8 Å². The van der Waals surface area contributed by atoms with Crippen LogP contribution in [0.1, 0.15) is 36.4 Å². The maximum atomic E-state index is 12.9. The van der Waals surface area contributed by atoms with Gasteiger partial charge in [-0.3, -0.25) is 0 Å². The van der Waals surface area contributed by atoms with Gasteiger partial charge in [-0.05, 0) is 62.7 Å². The van der Waals surface area contributed by atoms with E-state index < -0.39 is 17.2 Å². The minimum absolute atomic E-state index is 0.424. The Bertz CT molecular complexity index is 1180. The van der Waals surface area contributed by atoms with Crippen LogP contribution < -0.4 is 0 Å². The Labute approximate surface area is 172 Å². The topological polar surface area (TPSA) is 35.6 Å². The summed E-state index contributed by atoms with van der Waals surface area (Å²) in [6.45, 7) is 6.02. The number of aromatic nitrogens is 4. The Morgan fingerprint density at radius 3 is 1.73 bits per heavy atom. The van der Waals surface area contributed by atoms with E-state index in [2.05, 4.69) is 4.98 Å². The Morgan fingerprint density at radius 1 is 0.733 bits per heavy atom. The molecular formula is C23H21F3N4. The number of pyridine rings is 2. The van der Waals surface area contributed by atoms with Crippen LogP contribution in [0.3, 0.4) is 0 Å². The average Bonchev–Trinajstić information content (AvgIpc) is 3.37.